The number of allylic oxidation sites excluding steroid dienone is 2. The maximum atomic E-state index is 5.82. The molecule has 10 heavy (non-hydrogen) atoms. The monoisotopic (exact) mass is 140 g/mol. The summed E-state index contributed by atoms with van der Waals surface area (Å²) < 4.78 is 0. The molecule has 1 nitrogen and oxygen atoms in total. The summed E-state index contributed by atoms with van der Waals surface area (Å²) in [4.78, 5) is 0. The van der Waals surface area contributed by atoms with Gasteiger partial charge in [0.15, 0.2) is 0 Å². The molecule has 0 bridgehead atoms. The van der Waals surface area contributed by atoms with E-state index in [1.165, 1.54) is 11.5 Å². The van der Waals surface area contributed by atoms with Crippen LogP contribution in [0.25, 0.3) is 0 Å². The number of rotatable bonds is 2. The van der Waals surface area contributed by atoms with Gasteiger partial charge in [0.2, 0.25) is 0 Å². The number of nitrogens with two attached hydrogens (primary N) is 1. The largest absolute Gasteiger partial charge is 0.402 e. The highest BCUT2D eigenvalue weighted by Crippen LogP contribution is 2.17. The first-order valence-electron chi connectivity index (χ1n) is 3.73. The summed E-state index contributed by atoms with van der Waals surface area (Å²) >= 11 is 0. The fourth-order valence-electron chi connectivity index (χ4n) is 0.722. The van der Waals surface area contributed by atoms with Crippen molar-refractivity contribution in [3.8, 4) is 0 Å². The van der Waals surface area contributed by atoms with Crippen LogP contribution >= 0.6 is 0 Å². The minimum atomic E-state index is 0.467. The van der Waals surface area contributed by atoms with Gasteiger partial charge in [-0.15, -0.1) is 0 Å². The van der Waals surface area contributed by atoms with E-state index in [1.54, 1.807) is 0 Å². The van der Waals surface area contributed by atoms with Crippen LogP contribution in [0.15, 0.2) is 11.3 Å². The Labute approximate surface area is 64.3 Å². The lowest BCUT2D eigenvalue weighted by Crippen LogP contribution is -2.09. The molecule has 0 saturated carbocycles. The predicted molar refractivity (Wildman–Crippen MR) is 46.3 cm³/mol. The van der Waals surface area contributed by atoms with Gasteiger partial charge in [-0.25, -0.2) is 0 Å². The highest BCUT2D eigenvalue weighted by Gasteiger charge is 2.05. The van der Waals surface area contributed by atoms with E-state index < -0.39 is 0 Å². The van der Waals surface area contributed by atoms with Crippen molar-refractivity contribution >= 4 is 0 Å². The van der Waals surface area contributed by atoms with Crippen molar-refractivity contribution in [3.63, 3.8) is 0 Å². The second kappa shape index (κ2) is 3.65. The fourth-order valence-corrected chi connectivity index (χ4v) is 0.722. The van der Waals surface area contributed by atoms with Crippen molar-refractivity contribution in [2.75, 3.05) is 0 Å². The van der Waals surface area contributed by atoms with E-state index in [9.17, 15) is 0 Å². The molecular formula is C9H18N. The Kier molecular flexibility index (Phi) is 3.48. The van der Waals surface area contributed by atoms with Gasteiger partial charge in [0, 0.05) is 5.70 Å². The zero-order chi connectivity index (χ0) is 8.31. The molecule has 0 aliphatic rings. The van der Waals surface area contributed by atoms with Crippen molar-refractivity contribution in [2.24, 2.45) is 11.7 Å². The van der Waals surface area contributed by atoms with Gasteiger partial charge in [0.05, 0.1) is 0 Å². The molecule has 1 radical (unpaired) electrons. The summed E-state index contributed by atoms with van der Waals surface area (Å²) in [6.45, 7) is 10.5. The van der Waals surface area contributed by atoms with Crippen LogP contribution < -0.4 is 5.73 Å². The standard InChI is InChI=1S/C9H18N/c1-6(2)8(5)9(10)7(3)4/h7H,10H2,1-5H3/b9-8+. The SMILES string of the molecule is C[C](C)/C(C)=C(/N)C(C)C. The predicted octanol–water partition coefficient (Wildman–Crippen LogP) is 2.49. The quantitative estimate of drug-likeness (QED) is 0.626. The van der Waals surface area contributed by atoms with E-state index in [4.69, 9.17) is 5.73 Å². The van der Waals surface area contributed by atoms with Crippen LogP contribution in [-0.4, -0.2) is 0 Å². The highest BCUT2D eigenvalue weighted by atomic mass is 14.6. The first kappa shape index (κ1) is 9.54. The summed E-state index contributed by atoms with van der Waals surface area (Å²) in [5.74, 6) is 1.78. The summed E-state index contributed by atoms with van der Waals surface area (Å²) in [6, 6.07) is 0. The molecule has 0 heterocycles. The maximum absolute atomic E-state index is 5.82. The van der Waals surface area contributed by atoms with Crippen LogP contribution in [0, 0.1) is 11.8 Å². The maximum Gasteiger partial charge on any atom is 0.0101 e. The lowest BCUT2D eigenvalue weighted by molar-refractivity contribution is 0.739. The first-order valence-corrected chi connectivity index (χ1v) is 3.73. The number of hydrogen-bond acceptors (Lipinski definition) is 1. The van der Waals surface area contributed by atoms with E-state index >= 15 is 0 Å². The first-order chi connectivity index (χ1) is 4.46. The summed E-state index contributed by atoms with van der Waals surface area (Å²) in [6.07, 6.45) is 0. The number of hydrogen-bond donors (Lipinski definition) is 1. The zero-order valence-electron chi connectivity index (χ0n) is 7.65. The average Bonchev–Trinajstić information content (AvgIpc) is 1.84. The van der Waals surface area contributed by atoms with Gasteiger partial charge in [0.25, 0.3) is 0 Å². The van der Waals surface area contributed by atoms with Gasteiger partial charge in [-0.05, 0) is 24.3 Å². The molecule has 1 heteroatoms. The van der Waals surface area contributed by atoms with Crippen LogP contribution in [0.1, 0.15) is 34.6 Å². The van der Waals surface area contributed by atoms with Crippen molar-refractivity contribution in [1.82, 2.24) is 0 Å². The van der Waals surface area contributed by atoms with Crippen LogP contribution in [0.2, 0.25) is 0 Å². The molecule has 0 fully saturated rings. The lowest BCUT2D eigenvalue weighted by Gasteiger charge is -2.12. The van der Waals surface area contributed by atoms with Crippen molar-refractivity contribution in [1.29, 1.82) is 0 Å². The summed E-state index contributed by atoms with van der Waals surface area (Å²) in [5, 5.41) is 0. The Balaban J connectivity index is 4.34. The Morgan fingerprint density at radius 2 is 1.50 bits per heavy atom. The van der Waals surface area contributed by atoms with Crippen molar-refractivity contribution < 1.29 is 0 Å². The minimum absolute atomic E-state index is 0.467. The Hall–Kier alpha value is -0.460. The molecule has 0 aromatic heterocycles. The molecule has 0 atom stereocenters. The van der Waals surface area contributed by atoms with Gasteiger partial charge in [-0.3, -0.25) is 0 Å². The summed E-state index contributed by atoms with van der Waals surface area (Å²) in [5.41, 5.74) is 8.08. The second-order valence-electron chi connectivity index (χ2n) is 3.24. The molecule has 0 rings (SSSR count). The smallest absolute Gasteiger partial charge is 0.0101 e. The molecule has 0 saturated heterocycles. The average molecular weight is 140 g/mol. The molecule has 0 spiro atoms. The van der Waals surface area contributed by atoms with E-state index in [0.717, 1.165) is 5.70 Å². The van der Waals surface area contributed by atoms with E-state index in [1.807, 2.05) is 0 Å². The third kappa shape index (κ3) is 2.42. The molecule has 0 aromatic carbocycles. The van der Waals surface area contributed by atoms with Crippen LogP contribution in [-0.2, 0) is 0 Å². The molecule has 0 amide bonds. The van der Waals surface area contributed by atoms with Crippen LogP contribution in [0.5, 0.6) is 0 Å². The fraction of sp³-hybridized carbons (Fsp3) is 0.667. The molecule has 0 unspecified atom stereocenters. The van der Waals surface area contributed by atoms with Crippen molar-refractivity contribution in [3.05, 3.63) is 17.2 Å². The van der Waals surface area contributed by atoms with Crippen LogP contribution in [0.3, 0.4) is 0 Å². The van der Waals surface area contributed by atoms with Gasteiger partial charge in [0.1, 0.15) is 0 Å². The van der Waals surface area contributed by atoms with Gasteiger partial charge < -0.3 is 5.73 Å². The van der Waals surface area contributed by atoms with Crippen molar-refractivity contribution in [2.45, 2.75) is 34.6 Å². The minimum Gasteiger partial charge on any atom is -0.402 e. The molecule has 2 N–H and O–H groups in total. The van der Waals surface area contributed by atoms with E-state index in [-0.39, 0.29) is 0 Å². The van der Waals surface area contributed by atoms with Gasteiger partial charge in [-0.2, -0.15) is 0 Å². The molecule has 0 aliphatic carbocycles. The van der Waals surface area contributed by atoms with Crippen LogP contribution in [0.4, 0.5) is 0 Å². The molecule has 59 valence electrons. The van der Waals surface area contributed by atoms with E-state index in [2.05, 4.69) is 34.6 Å². The normalized spacial score (nSPS) is 14.3. The topological polar surface area (TPSA) is 26.0 Å². The lowest BCUT2D eigenvalue weighted by atomic mass is 9.98. The molecule has 0 aromatic rings. The van der Waals surface area contributed by atoms with Gasteiger partial charge >= 0.3 is 0 Å². The second-order valence-corrected chi connectivity index (χ2v) is 3.24. The molecular weight excluding hydrogens is 122 g/mol. The van der Waals surface area contributed by atoms with Gasteiger partial charge in [-0.1, -0.05) is 27.7 Å². The Bertz CT molecular complexity index is 116. The highest BCUT2D eigenvalue weighted by molar-refractivity contribution is 5.24. The van der Waals surface area contributed by atoms with E-state index in [0.29, 0.717) is 5.92 Å². The Morgan fingerprint density at radius 3 is 1.60 bits per heavy atom. The summed E-state index contributed by atoms with van der Waals surface area (Å²) in [7, 11) is 0. The molecule has 0 aliphatic heterocycles. The Morgan fingerprint density at radius 1 is 1.10 bits per heavy atom. The zero-order valence-corrected chi connectivity index (χ0v) is 7.65. The third-order valence-corrected chi connectivity index (χ3v) is 1.81. The third-order valence-electron chi connectivity index (χ3n) is 1.81.